The van der Waals surface area contributed by atoms with Gasteiger partial charge in [-0.1, -0.05) is 30.4 Å². The molecule has 0 radical (unpaired) electrons. The van der Waals surface area contributed by atoms with E-state index in [-0.39, 0.29) is 0 Å². The maximum atomic E-state index is 9.52. The van der Waals surface area contributed by atoms with Crippen molar-refractivity contribution < 1.29 is 9.68 Å². The molecule has 0 atom stereocenters. The van der Waals surface area contributed by atoms with Gasteiger partial charge >= 0.3 is 7.12 Å². The zero-order valence-electron chi connectivity index (χ0n) is 7.84. The van der Waals surface area contributed by atoms with Crippen molar-refractivity contribution in [1.29, 1.82) is 0 Å². The maximum Gasteiger partial charge on any atom is 0.562 e. The van der Waals surface area contributed by atoms with E-state index in [4.69, 9.17) is 4.65 Å². The van der Waals surface area contributed by atoms with E-state index < -0.39 is 7.12 Å². The highest BCUT2D eigenvalue weighted by molar-refractivity contribution is 6.63. The van der Waals surface area contributed by atoms with Crippen LogP contribution < -0.4 is 5.46 Å². The smallest absolute Gasteiger partial charge is 0.524 e. The summed E-state index contributed by atoms with van der Waals surface area (Å²) >= 11 is 0. The van der Waals surface area contributed by atoms with Crippen molar-refractivity contribution in [1.82, 2.24) is 0 Å². The number of hydrogen-bond donors (Lipinski definition) is 1. The minimum atomic E-state index is -0.896. The average Bonchev–Trinajstić information content (AvgIpc) is 2.20. The molecule has 0 saturated carbocycles. The molecule has 1 aliphatic rings. The number of hydrogen-bond acceptors (Lipinski definition) is 3. The average molecular weight is 187 g/mol. The van der Waals surface area contributed by atoms with Crippen LogP contribution in [0, 0.1) is 0 Å². The Hall–Kier alpha value is -1.55. The predicted molar refractivity (Wildman–Crippen MR) is 58.0 cm³/mol. The van der Waals surface area contributed by atoms with Crippen LogP contribution in [-0.2, 0) is 4.65 Å². The second-order valence-electron chi connectivity index (χ2n) is 3.01. The van der Waals surface area contributed by atoms with E-state index >= 15 is 0 Å². The Morgan fingerprint density at radius 3 is 3.14 bits per heavy atom. The molecule has 14 heavy (non-hydrogen) atoms. The van der Waals surface area contributed by atoms with E-state index in [1.807, 2.05) is 37.3 Å². The Labute approximate surface area is 82.9 Å². The summed E-state index contributed by atoms with van der Waals surface area (Å²) in [5.41, 5.74) is 2.48. The highest BCUT2D eigenvalue weighted by Crippen LogP contribution is 2.20. The lowest BCUT2D eigenvalue weighted by Crippen LogP contribution is -2.36. The van der Waals surface area contributed by atoms with Gasteiger partial charge in [-0.2, -0.15) is 0 Å². The molecular weight excluding hydrogens is 177 g/mol. The van der Waals surface area contributed by atoms with E-state index in [9.17, 15) is 5.02 Å². The van der Waals surface area contributed by atoms with Crippen LogP contribution in [0.5, 0.6) is 0 Å². The largest absolute Gasteiger partial charge is 0.562 e. The molecule has 70 valence electrons. The van der Waals surface area contributed by atoms with Gasteiger partial charge in [-0.05, 0) is 12.5 Å². The molecule has 0 aliphatic carbocycles. The van der Waals surface area contributed by atoms with E-state index in [1.165, 1.54) is 6.40 Å². The van der Waals surface area contributed by atoms with E-state index in [1.54, 1.807) is 0 Å². The van der Waals surface area contributed by atoms with Gasteiger partial charge in [0.05, 0.1) is 5.69 Å². The molecular formula is C10H10BNO2. The minimum Gasteiger partial charge on any atom is -0.524 e. The van der Waals surface area contributed by atoms with Crippen molar-refractivity contribution in [2.45, 2.75) is 6.92 Å². The number of rotatable bonds is 1. The molecule has 0 aromatic heterocycles. The third kappa shape index (κ3) is 1.44. The van der Waals surface area contributed by atoms with Crippen LogP contribution in [-0.4, -0.2) is 18.5 Å². The number of allylic oxidation sites excluding steroid dienone is 1. The number of fused-ring (bicyclic) bond motifs is 1. The molecule has 1 aliphatic heterocycles. The Bertz CT molecular complexity index is 401. The summed E-state index contributed by atoms with van der Waals surface area (Å²) in [5, 5.41) is 9.52. The molecule has 3 nitrogen and oxygen atoms in total. The molecule has 1 aromatic carbocycles. The van der Waals surface area contributed by atoms with Crippen molar-refractivity contribution in [3.63, 3.8) is 0 Å². The summed E-state index contributed by atoms with van der Waals surface area (Å²) < 4.78 is 4.88. The maximum absolute atomic E-state index is 9.52. The van der Waals surface area contributed by atoms with Crippen LogP contribution in [0.3, 0.4) is 0 Å². The molecule has 4 heteroatoms. The Balaban J connectivity index is 2.56. The second-order valence-corrected chi connectivity index (χ2v) is 3.01. The van der Waals surface area contributed by atoms with Crippen molar-refractivity contribution >= 4 is 30.7 Å². The van der Waals surface area contributed by atoms with Crippen LogP contribution in [0.15, 0.2) is 29.3 Å². The molecule has 0 spiro atoms. The van der Waals surface area contributed by atoms with Gasteiger partial charge in [-0.15, -0.1) is 0 Å². The SMILES string of the molecule is C/C=C/c1cccc2c1N=COB2O. The van der Waals surface area contributed by atoms with Gasteiger partial charge in [0.1, 0.15) is 0 Å². The summed E-state index contributed by atoms with van der Waals surface area (Å²) in [5.74, 6) is 0. The third-order valence-corrected chi connectivity index (χ3v) is 2.08. The molecule has 1 aromatic rings. The van der Waals surface area contributed by atoms with Crippen LogP contribution in [0.4, 0.5) is 5.69 Å². The van der Waals surface area contributed by atoms with Crippen molar-refractivity contribution in [2.24, 2.45) is 4.99 Å². The molecule has 0 amide bonds. The Morgan fingerprint density at radius 1 is 1.50 bits per heavy atom. The number of para-hydroxylation sites is 1. The van der Waals surface area contributed by atoms with Gasteiger partial charge in [0.2, 0.25) is 0 Å². The molecule has 1 N–H and O–H groups in total. The quantitative estimate of drug-likeness (QED) is 0.668. The van der Waals surface area contributed by atoms with Crippen molar-refractivity contribution in [3.8, 4) is 0 Å². The molecule has 0 fully saturated rings. The monoisotopic (exact) mass is 187 g/mol. The Morgan fingerprint density at radius 2 is 2.36 bits per heavy atom. The summed E-state index contributed by atoms with van der Waals surface area (Å²) in [4.78, 5) is 4.10. The van der Waals surface area contributed by atoms with Gasteiger partial charge in [-0.25, -0.2) is 4.99 Å². The van der Waals surface area contributed by atoms with E-state index in [2.05, 4.69) is 4.99 Å². The normalized spacial score (nSPS) is 14.3. The van der Waals surface area contributed by atoms with Crippen LogP contribution >= 0.6 is 0 Å². The molecule has 2 rings (SSSR count). The lowest BCUT2D eigenvalue weighted by Gasteiger charge is -2.14. The van der Waals surface area contributed by atoms with Crippen LogP contribution in [0.2, 0.25) is 0 Å². The summed E-state index contributed by atoms with van der Waals surface area (Å²) in [6.45, 7) is 1.94. The van der Waals surface area contributed by atoms with Gasteiger partial charge in [-0.3, -0.25) is 0 Å². The molecule has 0 saturated heterocycles. The topological polar surface area (TPSA) is 41.8 Å². The summed E-state index contributed by atoms with van der Waals surface area (Å²) in [7, 11) is -0.896. The highest BCUT2D eigenvalue weighted by Gasteiger charge is 2.25. The standard InChI is InChI=1S/C10H10BNO2/c1-2-4-8-5-3-6-9-10(8)12-7-14-11(9)13/h2-7,13H,1H3/b4-2+. The number of benzene rings is 1. The number of nitrogens with zero attached hydrogens (tertiary/aromatic N) is 1. The minimum absolute atomic E-state index is 0.711. The fourth-order valence-corrected chi connectivity index (χ4v) is 1.46. The fraction of sp³-hybridized carbons (Fsp3) is 0.100. The highest BCUT2D eigenvalue weighted by atomic mass is 16.5. The number of aliphatic imine (C=N–C) groups is 1. The molecule has 1 heterocycles. The van der Waals surface area contributed by atoms with Gasteiger partial charge in [0.25, 0.3) is 0 Å². The van der Waals surface area contributed by atoms with Gasteiger partial charge in [0, 0.05) is 5.46 Å². The zero-order valence-corrected chi connectivity index (χ0v) is 7.84. The second kappa shape index (κ2) is 3.68. The molecule has 0 unspecified atom stereocenters. The lowest BCUT2D eigenvalue weighted by atomic mass is 9.76. The first-order valence-electron chi connectivity index (χ1n) is 4.44. The first-order chi connectivity index (χ1) is 6.83. The zero-order chi connectivity index (χ0) is 9.97. The Kier molecular flexibility index (Phi) is 2.37. The van der Waals surface area contributed by atoms with Crippen LogP contribution in [0.1, 0.15) is 12.5 Å². The van der Waals surface area contributed by atoms with E-state index in [0.29, 0.717) is 5.46 Å². The molecule has 0 bridgehead atoms. The fourth-order valence-electron chi connectivity index (χ4n) is 1.46. The first-order valence-corrected chi connectivity index (χ1v) is 4.44. The summed E-state index contributed by atoms with van der Waals surface area (Å²) in [6.07, 6.45) is 5.17. The van der Waals surface area contributed by atoms with Crippen molar-refractivity contribution in [2.75, 3.05) is 0 Å². The first kappa shape index (κ1) is 9.03. The van der Waals surface area contributed by atoms with Gasteiger partial charge < -0.3 is 9.68 Å². The van der Waals surface area contributed by atoms with Gasteiger partial charge in [0.15, 0.2) is 6.40 Å². The predicted octanol–water partition coefficient (Wildman–Crippen LogP) is 1.10. The summed E-state index contributed by atoms with van der Waals surface area (Å²) in [6, 6.07) is 5.64. The van der Waals surface area contributed by atoms with E-state index in [0.717, 1.165) is 11.3 Å². The van der Waals surface area contributed by atoms with Crippen LogP contribution in [0.25, 0.3) is 6.08 Å². The third-order valence-electron chi connectivity index (χ3n) is 2.08. The van der Waals surface area contributed by atoms with Crippen molar-refractivity contribution in [3.05, 3.63) is 29.8 Å². The lowest BCUT2D eigenvalue weighted by molar-refractivity contribution is 0.435.